The molecule has 0 fully saturated rings. The minimum absolute atomic E-state index is 0.0671. The molecule has 32 heavy (non-hydrogen) atoms. The molecule has 3 aromatic rings. The van der Waals surface area contributed by atoms with Gasteiger partial charge < -0.3 is 9.15 Å². The van der Waals surface area contributed by atoms with Gasteiger partial charge in [-0.1, -0.05) is 44.9 Å². The van der Waals surface area contributed by atoms with Gasteiger partial charge in [-0.05, 0) is 49.1 Å². The Kier molecular flexibility index (Phi) is 7.16. The minimum Gasteiger partial charge on any atom is -0.425 e. The van der Waals surface area contributed by atoms with Gasteiger partial charge in [-0.2, -0.15) is 4.72 Å². The molecule has 0 aliphatic heterocycles. The molecular weight excluding hydrogens is 430 g/mol. The molecule has 2 aromatic carbocycles. The number of carbonyl (C=O) groups excluding carboxylic acids is 1. The van der Waals surface area contributed by atoms with Crippen LogP contribution in [-0.4, -0.2) is 20.4 Å². The second-order valence-corrected chi connectivity index (χ2v) is 9.79. The van der Waals surface area contributed by atoms with Gasteiger partial charge in [-0.25, -0.2) is 18.0 Å². The highest BCUT2D eigenvalue weighted by atomic mass is 32.2. The summed E-state index contributed by atoms with van der Waals surface area (Å²) < 4.78 is 38.7. The molecule has 0 aliphatic rings. The summed E-state index contributed by atoms with van der Waals surface area (Å²) in [5.41, 5.74) is 1.62. The summed E-state index contributed by atoms with van der Waals surface area (Å²) in [6.45, 7) is 7.31. The van der Waals surface area contributed by atoms with Crippen molar-refractivity contribution in [1.82, 2.24) is 4.72 Å². The van der Waals surface area contributed by atoms with Crippen LogP contribution in [0, 0.1) is 12.8 Å². The van der Waals surface area contributed by atoms with Gasteiger partial charge in [0.05, 0.1) is 4.90 Å². The molecule has 0 saturated carbocycles. The SMILES string of the molecule is CCCc1cc(=O)oc2cc(OC(=O)[C@H](NS(=O)(=O)c3ccc(C)cc3)C(C)C)ccc12. The van der Waals surface area contributed by atoms with Crippen molar-refractivity contribution < 1.29 is 22.4 Å². The smallest absolute Gasteiger partial charge is 0.336 e. The fourth-order valence-corrected chi connectivity index (χ4v) is 4.67. The Morgan fingerprint density at radius 3 is 2.41 bits per heavy atom. The number of benzene rings is 2. The highest BCUT2D eigenvalue weighted by Crippen LogP contribution is 2.24. The number of hydrogen-bond acceptors (Lipinski definition) is 6. The highest BCUT2D eigenvalue weighted by Gasteiger charge is 2.30. The standard InChI is InChI=1S/C24H27NO6S/c1-5-6-17-13-22(26)31-21-14-18(9-12-20(17)21)30-24(27)23(15(2)3)25-32(28,29)19-10-7-16(4)8-11-19/h7-15,23,25H,5-6H2,1-4H3/t23-/m1/s1. The van der Waals surface area contributed by atoms with E-state index in [9.17, 15) is 18.0 Å². The number of rotatable bonds is 8. The van der Waals surface area contributed by atoms with Crippen molar-refractivity contribution in [3.05, 3.63) is 70.1 Å². The average molecular weight is 458 g/mol. The van der Waals surface area contributed by atoms with Gasteiger partial charge in [0.1, 0.15) is 17.4 Å². The Balaban J connectivity index is 1.85. The first-order valence-electron chi connectivity index (χ1n) is 10.5. The largest absolute Gasteiger partial charge is 0.425 e. The van der Waals surface area contributed by atoms with Gasteiger partial charge in [0, 0.05) is 17.5 Å². The van der Waals surface area contributed by atoms with E-state index in [1.165, 1.54) is 24.3 Å². The minimum atomic E-state index is -3.92. The van der Waals surface area contributed by atoms with Crippen molar-refractivity contribution in [3.63, 3.8) is 0 Å². The normalized spacial score (nSPS) is 12.8. The molecule has 0 unspecified atom stereocenters. The maximum atomic E-state index is 12.8. The van der Waals surface area contributed by atoms with Gasteiger partial charge >= 0.3 is 11.6 Å². The predicted molar refractivity (Wildman–Crippen MR) is 122 cm³/mol. The van der Waals surface area contributed by atoms with Crippen LogP contribution in [0.3, 0.4) is 0 Å². The van der Waals surface area contributed by atoms with Crippen molar-refractivity contribution in [3.8, 4) is 5.75 Å². The van der Waals surface area contributed by atoms with E-state index in [-0.39, 0.29) is 16.6 Å². The molecule has 0 aliphatic carbocycles. The van der Waals surface area contributed by atoms with Crippen LogP contribution >= 0.6 is 0 Å². The van der Waals surface area contributed by atoms with E-state index < -0.39 is 27.7 Å². The topological polar surface area (TPSA) is 103 Å². The number of fused-ring (bicyclic) bond motifs is 1. The molecule has 0 spiro atoms. The van der Waals surface area contributed by atoms with Crippen LogP contribution in [0.5, 0.6) is 5.75 Å². The zero-order valence-electron chi connectivity index (χ0n) is 18.5. The number of nitrogens with one attached hydrogen (secondary N) is 1. The predicted octanol–water partition coefficient (Wildman–Crippen LogP) is 3.96. The first-order chi connectivity index (χ1) is 15.1. The molecule has 7 nitrogen and oxygen atoms in total. The lowest BCUT2D eigenvalue weighted by molar-refractivity contribution is -0.137. The molecule has 1 aromatic heterocycles. The number of esters is 1. The molecular formula is C24H27NO6S. The molecule has 3 rings (SSSR count). The summed E-state index contributed by atoms with van der Waals surface area (Å²) in [5, 5.41) is 0.770. The van der Waals surface area contributed by atoms with Gasteiger partial charge in [-0.15, -0.1) is 0 Å². The molecule has 0 saturated heterocycles. The van der Waals surface area contributed by atoms with E-state index in [4.69, 9.17) is 9.15 Å². The van der Waals surface area contributed by atoms with Crippen molar-refractivity contribution in [2.24, 2.45) is 5.92 Å². The summed E-state index contributed by atoms with van der Waals surface area (Å²) in [4.78, 5) is 24.8. The molecule has 0 radical (unpaired) electrons. The van der Waals surface area contributed by atoms with Crippen molar-refractivity contribution in [2.45, 2.75) is 51.5 Å². The maximum Gasteiger partial charge on any atom is 0.336 e. The Labute approximate surface area is 187 Å². The zero-order valence-corrected chi connectivity index (χ0v) is 19.4. The fourth-order valence-electron chi connectivity index (χ4n) is 3.34. The van der Waals surface area contributed by atoms with E-state index in [2.05, 4.69) is 4.72 Å². The third-order valence-electron chi connectivity index (χ3n) is 5.07. The lowest BCUT2D eigenvalue weighted by Crippen LogP contribution is -2.46. The van der Waals surface area contributed by atoms with E-state index in [0.29, 0.717) is 5.58 Å². The molecule has 1 atom stereocenters. The van der Waals surface area contributed by atoms with Crippen LogP contribution < -0.4 is 15.1 Å². The molecule has 1 N–H and O–H groups in total. The molecule has 0 bridgehead atoms. The summed E-state index contributed by atoms with van der Waals surface area (Å²) >= 11 is 0. The lowest BCUT2D eigenvalue weighted by atomic mass is 10.1. The third-order valence-corrected chi connectivity index (χ3v) is 6.53. The fraction of sp³-hybridized carbons (Fsp3) is 0.333. The van der Waals surface area contributed by atoms with E-state index >= 15 is 0 Å². The van der Waals surface area contributed by atoms with Gasteiger partial charge in [-0.3, -0.25) is 0 Å². The molecule has 8 heteroatoms. The summed E-state index contributed by atoms with van der Waals surface area (Å²) in [6.07, 6.45) is 1.59. The first kappa shape index (κ1) is 23.7. The van der Waals surface area contributed by atoms with Crippen LogP contribution in [0.4, 0.5) is 0 Å². The second kappa shape index (κ2) is 9.67. The van der Waals surface area contributed by atoms with Crippen LogP contribution in [0.1, 0.15) is 38.3 Å². The summed E-state index contributed by atoms with van der Waals surface area (Å²) in [7, 11) is -3.92. The number of hydrogen-bond donors (Lipinski definition) is 1. The first-order valence-corrected chi connectivity index (χ1v) is 12.0. The summed E-state index contributed by atoms with van der Waals surface area (Å²) in [5.74, 6) is -0.946. The van der Waals surface area contributed by atoms with Crippen molar-refractivity contribution in [1.29, 1.82) is 0 Å². The van der Waals surface area contributed by atoms with Crippen LogP contribution in [0.25, 0.3) is 11.0 Å². The Bertz CT molecular complexity index is 1280. The van der Waals surface area contributed by atoms with E-state index in [0.717, 1.165) is 29.4 Å². The van der Waals surface area contributed by atoms with E-state index in [1.54, 1.807) is 38.1 Å². The number of ether oxygens (including phenoxy) is 1. The van der Waals surface area contributed by atoms with Gasteiger partial charge in [0.2, 0.25) is 10.0 Å². The van der Waals surface area contributed by atoms with Gasteiger partial charge in [0.15, 0.2) is 0 Å². The monoisotopic (exact) mass is 457 g/mol. The number of aryl methyl sites for hydroxylation is 2. The third kappa shape index (κ3) is 5.44. The maximum absolute atomic E-state index is 12.8. The van der Waals surface area contributed by atoms with Crippen LogP contribution in [0.2, 0.25) is 0 Å². The number of carbonyl (C=O) groups is 1. The molecule has 170 valence electrons. The second-order valence-electron chi connectivity index (χ2n) is 8.08. The Morgan fingerprint density at radius 2 is 1.78 bits per heavy atom. The molecule has 1 heterocycles. The zero-order chi connectivity index (χ0) is 23.5. The van der Waals surface area contributed by atoms with E-state index in [1.807, 2.05) is 13.8 Å². The Morgan fingerprint density at radius 1 is 1.09 bits per heavy atom. The Hall–Kier alpha value is -2.97. The lowest BCUT2D eigenvalue weighted by Gasteiger charge is -2.21. The number of sulfonamides is 1. The quantitative estimate of drug-likeness (QED) is 0.312. The van der Waals surface area contributed by atoms with Crippen molar-refractivity contribution in [2.75, 3.05) is 0 Å². The van der Waals surface area contributed by atoms with Crippen molar-refractivity contribution >= 4 is 27.0 Å². The van der Waals surface area contributed by atoms with Gasteiger partial charge in [0.25, 0.3) is 0 Å². The average Bonchev–Trinajstić information content (AvgIpc) is 2.72. The van der Waals surface area contributed by atoms with Crippen LogP contribution in [0.15, 0.2) is 62.6 Å². The molecule has 0 amide bonds. The van der Waals surface area contributed by atoms with Crippen LogP contribution in [-0.2, 0) is 21.2 Å². The highest BCUT2D eigenvalue weighted by molar-refractivity contribution is 7.89. The summed E-state index contributed by atoms with van der Waals surface area (Å²) in [6, 6.07) is 11.5.